The van der Waals surface area contributed by atoms with E-state index >= 15 is 0 Å². The molecule has 156 valence electrons. The predicted octanol–water partition coefficient (Wildman–Crippen LogP) is 1.91. The largest absolute Gasteiger partial charge is 0.495 e. The van der Waals surface area contributed by atoms with Crippen molar-refractivity contribution in [1.82, 2.24) is 9.80 Å². The lowest BCUT2D eigenvalue weighted by atomic mass is 9.81. The Balaban J connectivity index is 1.29. The molecule has 2 aliphatic heterocycles. The standard InChI is InChI=1S/C22H29N3O4/c1-29-19-9-5-4-8-18(19)23-12-14-24(15-13-23)20(26)10-11-25-21(27)16-6-2-3-7-17(16)22(25)28/h4-5,8-9,16-17H,2-3,6-7,10-15H2,1H3/t16-,17+. The summed E-state index contributed by atoms with van der Waals surface area (Å²) in [6.45, 7) is 2.94. The Bertz CT molecular complexity index is 764. The van der Waals surface area contributed by atoms with E-state index in [4.69, 9.17) is 4.74 Å². The van der Waals surface area contributed by atoms with Gasteiger partial charge in [0.05, 0.1) is 24.6 Å². The lowest BCUT2D eigenvalue weighted by Crippen LogP contribution is -2.49. The van der Waals surface area contributed by atoms with Crippen molar-refractivity contribution in [2.45, 2.75) is 32.1 Å². The van der Waals surface area contributed by atoms with Gasteiger partial charge in [0.15, 0.2) is 0 Å². The summed E-state index contributed by atoms with van der Waals surface area (Å²) >= 11 is 0. The zero-order valence-electron chi connectivity index (χ0n) is 17.0. The average molecular weight is 399 g/mol. The number of ether oxygens (including phenoxy) is 1. The third kappa shape index (κ3) is 3.82. The fraction of sp³-hybridized carbons (Fsp3) is 0.591. The van der Waals surface area contributed by atoms with Crippen LogP contribution in [0.5, 0.6) is 5.75 Å². The number of imide groups is 1. The van der Waals surface area contributed by atoms with Crippen LogP contribution in [0.3, 0.4) is 0 Å². The predicted molar refractivity (Wildman–Crippen MR) is 109 cm³/mol. The zero-order valence-corrected chi connectivity index (χ0v) is 17.0. The first-order chi connectivity index (χ1) is 14.1. The minimum absolute atomic E-state index is 0.0140. The SMILES string of the molecule is COc1ccccc1N1CCN(C(=O)CCN2C(=O)[C@H]3CCCC[C@H]3C2=O)CC1. The van der Waals surface area contributed by atoms with Crippen LogP contribution in [0.1, 0.15) is 32.1 Å². The molecule has 1 saturated carbocycles. The lowest BCUT2D eigenvalue weighted by Gasteiger charge is -2.36. The van der Waals surface area contributed by atoms with E-state index in [1.165, 1.54) is 4.90 Å². The number of nitrogens with zero attached hydrogens (tertiary/aromatic N) is 3. The van der Waals surface area contributed by atoms with Crippen LogP contribution in [0.25, 0.3) is 0 Å². The van der Waals surface area contributed by atoms with Gasteiger partial charge in [-0.25, -0.2) is 0 Å². The normalized spacial score (nSPS) is 24.7. The number of fused-ring (bicyclic) bond motifs is 1. The van der Waals surface area contributed by atoms with Crippen molar-refractivity contribution < 1.29 is 19.1 Å². The molecule has 3 fully saturated rings. The Hall–Kier alpha value is -2.57. The van der Waals surface area contributed by atoms with Crippen molar-refractivity contribution in [3.05, 3.63) is 24.3 Å². The molecule has 2 saturated heterocycles. The Morgan fingerprint density at radius 3 is 2.24 bits per heavy atom. The van der Waals surface area contributed by atoms with E-state index in [1.807, 2.05) is 29.2 Å². The second kappa shape index (κ2) is 8.43. The minimum Gasteiger partial charge on any atom is -0.495 e. The second-order valence-corrected chi connectivity index (χ2v) is 8.12. The molecule has 0 unspecified atom stereocenters. The number of amides is 3. The third-order valence-electron chi connectivity index (χ3n) is 6.54. The Morgan fingerprint density at radius 2 is 1.62 bits per heavy atom. The molecule has 3 aliphatic rings. The van der Waals surface area contributed by atoms with Crippen molar-refractivity contribution >= 4 is 23.4 Å². The number of benzene rings is 1. The summed E-state index contributed by atoms with van der Waals surface area (Å²) in [5.74, 6) is 0.438. The number of carbonyl (C=O) groups excluding carboxylic acids is 3. The maximum absolute atomic E-state index is 12.7. The number of piperazine rings is 1. The highest BCUT2D eigenvalue weighted by Crippen LogP contribution is 2.38. The number of hydrogen-bond acceptors (Lipinski definition) is 5. The zero-order chi connectivity index (χ0) is 20.4. The second-order valence-electron chi connectivity index (χ2n) is 8.12. The summed E-state index contributed by atoms with van der Waals surface area (Å²) in [4.78, 5) is 43.2. The number of para-hydroxylation sites is 2. The van der Waals surface area contributed by atoms with Crippen LogP contribution in [0.4, 0.5) is 5.69 Å². The summed E-state index contributed by atoms with van der Waals surface area (Å²) in [6, 6.07) is 7.89. The summed E-state index contributed by atoms with van der Waals surface area (Å²) in [6.07, 6.45) is 3.87. The van der Waals surface area contributed by atoms with Gasteiger partial charge in [-0.1, -0.05) is 25.0 Å². The summed E-state index contributed by atoms with van der Waals surface area (Å²) in [5.41, 5.74) is 1.04. The molecule has 1 aromatic rings. The Morgan fingerprint density at radius 1 is 1.00 bits per heavy atom. The monoisotopic (exact) mass is 399 g/mol. The van der Waals surface area contributed by atoms with E-state index < -0.39 is 0 Å². The molecule has 0 bridgehead atoms. The highest BCUT2D eigenvalue weighted by molar-refractivity contribution is 6.05. The number of hydrogen-bond donors (Lipinski definition) is 0. The number of likely N-dealkylation sites (tertiary alicyclic amines) is 1. The first-order valence-corrected chi connectivity index (χ1v) is 10.6. The van der Waals surface area contributed by atoms with Gasteiger partial charge in [-0.2, -0.15) is 0 Å². The van der Waals surface area contributed by atoms with Crippen molar-refractivity contribution in [2.75, 3.05) is 44.7 Å². The molecule has 29 heavy (non-hydrogen) atoms. The molecule has 0 aromatic heterocycles. The molecule has 7 heteroatoms. The van der Waals surface area contributed by atoms with Crippen LogP contribution in [0, 0.1) is 11.8 Å². The van der Waals surface area contributed by atoms with Crippen LogP contribution in [-0.4, -0.2) is 67.4 Å². The van der Waals surface area contributed by atoms with E-state index in [0.717, 1.165) is 50.2 Å². The molecular formula is C22H29N3O4. The molecular weight excluding hydrogens is 370 g/mol. The number of carbonyl (C=O) groups is 3. The van der Waals surface area contributed by atoms with Crippen molar-refractivity contribution in [3.63, 3.8) is 0 Å². The molecule has 2 heterocycles. The Kier molecular flexibility index (Phi) is 5.74. The molecule has 0 N–H and O–H groups in total. The van der Waals surface area contributed by atoms with Gasteiger partial charge in [-0.15, -0.1) is 0 Å². The first-order valence-electron chi connectivity index (χ1n) is 10.6. The summed E-state index contributed by atoms with van der Waals surface area (Å²) in [7, 11) is 1.66. The molecule has 1 aromatic carbocycles. The van der Waals surface area contributed by atoms with Crippen LogP contribution in [-0.2, 0) is 14.4 Å². The van der Waals surface area contributed by atoms with Gasteiger partial charge in [0.2, 0.25) is 17.7 Å². The van der Waals surface area contributed by atoms with E-state index in [0.29, 0.717) is 13.1 Å². The maximum Gasteiger partial charge on any atom is 0.233 e. The topological polar surface area (TPSA) is 70.2 Å². The molecule has 7 nitrogen and oxygen atoms in total. The van der Waals surface area contributed by atoms with Gasteiger partial charge in [0.25, 0.3) is 0 Å². The van der Waals surface area contributed by atoms with Crippen LogP contribution >= 0.6 is 0 Å². The van der Waals surface area contributed by atoms with Gasteiger partial charge in [0.1, 0.15) is 5.75 Å². The average Bonchev–Trinajstić information content (AvgIpc) is 3.02. The fourth-order valence-electron chi connectivity index (χ4n) is 4.90. The number of methoxy groups -OCH3 is 1. The number of rotatable bonds is 5. The van der Waals surface area contributed by atoms with Crippen molar-refractivity contribution in [2.24, 2.45) is 11.8 Å². The van der Waals surface area contributed by atoms with E-state index in [9.17, 15) is 14.4 Å². The third-order valence-corrected chi connectivity index (χ3v) is 6.54. The smallest absolute Gasteiger partial charge is 0.233 e. The van der Waals surface area contributed by atoms with E-state index in [1.54, 1.807) is 7.11 Å². The van der Waals surface area contributed by atoms with E-state index in [2.05, 4.69) is 4.90 Å². The molecule has 3 amide bonds. The van der Waals surface area contributed by atoms with Gasteiger partial charge < -0.3 is 14.5 Å². The molecule has 0 radical (unpaired) electrons. The van der Waals surface area contributed by atoms with Gasteiger partial charge in [-0.05, 0) is 25.0 Å². The highest BCUT2D eigenvalue weighted by atomic mass is 16.5. The van der Waals surface area contributed by atoms with Crippen LogP contribution in [0.2, 0.25) is 0 Å². The highest BCUT2D eigenvalue weighted by Gasteiger charge is 2.47. The van der Waals surface area contributed by atoms with Gasteiger partial charge >= 0.3 is 0 Å². The van der Waals surface area contributed by atoms with Crippen molar-refractivity contribution in [3.8, 4) is 5.75 Å². The molecule has 1 aliphatic carbocycles. The van der Waals surface area contributed by atoms with Crippen LogP contribution < -0.4 is 9.64 Å². The molecule has 0 spiro atoms. The lowest BCUT2D eigenvalue weighted by molar-refractivity contribution is -0.140. The Labute approximate surface area is 171 Å². The summed E-state index contributed by atoms with van der Waals surface area (Å²) < 4.78 is 5.44. The van der Waals surface area contributed by atoms with Gasteiger partial charge in [0, 0.05) is 39.1 Å². The van der Waals surface area contributed by atoms with Crippen molar-refractivity contribution in [1.29, 1.82) is 0 Å². The number of anilines is 1. The fourth-order valence-corrected chi connectivity index (χ4v) is 4.90. The quantitative estimate of drug-likeness (QED) is 0.708. The molecule has 2 atom stereocenters. The first kappa shape index (κ1) is 19.7. The van der Waals surface area contributed by atoms with Crippen LogP contribution in [0.15, 0.2) is 24.3 Å². The molecule has 4 rings (SSSR count). The maximum atomic E-state index is 12.7. The minimum atomic E-state index is -0.143. The van der Waals surface area contributed by atoms with E-state index in [-0.39, 0.29) is 42.5 Å². The van der Waals surface area contributed by atoms with Gasteiger partial charge in [-0.3, -0.25) is 19.3 Å². The summed E-state index contributed by atoms with van der Waals surface area (Å²) in [5, 5.41) is 0.